The van der Waals surface area contributed by atoms with Gasteiger partial charge in [0.1, 0.15) is 30.5 Å². The van der Waals surface area contributed by atoms with Crippen LogP contribution in [0.25, 0.3) is 12.2 Å². The lowest BCUT2D eigenvalue weighted by atomic mass is 10.1. The van der Waals surface area contributed by atoms with Crippen molar-refractivity contribution in [1.29, 1.82) is 0 Å². The quantitative estimate of drug-likeness (QED) is 0.339. The number of carbonyl (C=O) groups is 2. The Morgan fingerprint density at radius 1 is 0.844 bits per heavy atom. The van der Waals surface area contributed by atoms with Crippen molar-refractivity contribution in [1.82, 2.24) is 0 Å². The lowest BCUT2D eigenvalue weighted by Gasteiger charge is -2.09. The number of methoxy groups -OCH3 is 1. The number of benzene rings is 2. The van der Waals surface area contributed by atoms with Crippen molar-refractivity contribution in [2.75, 3.05) is 20.3 Å². The van der Waals surface area contributed by atoms with E-state index >= 15 is 0 Å². The van der Waals surface area contributed by atoms with Crippen molar-refractivity contribution in [2.24, 2.45) is 0 Å². The molecule has 2 aromatic rings. The predicted molar refractivity (Wildman–Crippen MR) is 119 cm³/mol. The molecule has 8 nitrogen and oxygen atoms in total. The molecule has 0 aliphatic heterocycles. The molecule has 3 N–H and O–H groups in total. The van der Waals surface area contributed by atoms with Crippen LogP contribution >= 0.6 is 0 Å². The van der Waals surface area contributed by atoms with E-state index in [1.54, 1.807) is 48.6 Å². The first kappa shape index (κ1) is 24.2. The van der Waals surface area contributed by atoms with Crippen LogP contribution < -0.4 is 14.2 Å². The number of aliphatic hydroxyl groups excluding tert-OH is 1. The summed E-state index contributed by atoms with van der Waals surface area (Å²) in [7, 11) is 1.49. The number of carboxylic acid groups (broad SMARTS) is 2. The van der Waals surface area contributed by atoms with E-state index in [-0.39, 0.29) is 19.8 Å². The van der Waals surface area contributed by atoms with Gasteiger partial charge >= 0.3 is 11.9 Å². The SMILES string of the molecule is COc1cc(OC/C=C/COc2ccc(/C=C/C(=O)O)c(CO)c2)ccc1/C=C/C(=O)O. The Bertz CT molecular complexity index is 939. The zero-order chi connectivity index (χ0) is 23.3. The van der Waals surface area contributed by atoms with Gasteiger partial charge in [-0.05, 0) is 59.7 Å². The summed E-state index contributed by atoms with van der Waals surface area (Å²) in [6.07, 6.45) is 8.45. The Kier molecular flexibility index (Phi) is 9.55. The lowest BCUT2D eigenvalue weighted by Crippen LogP contribution is -1.99. The summed E-state index contributed by atoms with van der Waals surface area (Å²) < 4.78 is 16.5. The number of rotatable bonds is 12. The first-order chi connectivity index (χ1) is 15.4. The van der Waals surface area contributed by atoms with E-state index in [1.807, 2.05) is 0 Å². The van der Waals surface area contributed by atoms with Crippen molar-refractivity contribution in [2.45, 2.75) is 6.61 Å². The van der Waals surface area contributed by atoms with Gasteiger partial charge in [0.2, 0.25) is 0 Å². The van der Waals surface area contributed by atoms with Crippen molar-refractivity contribution in [3.05, 3.63) is 77.4 Å². The fourth-order valence-corrected chi connectivity index (χ4v) is 2.64. The van der Waals surface area contributed by atoms with Gasteiger partial charge in [0, 0.05) is 23.8 Å². The molecular formula is C24H24O8. The molecule has 0 fully saturated rings. The third-order valence-electron chi connectivity index (χ3n) is 4.16. The molecular weight excluding hydrogens is 416 g/mol. The molecule has 32 heavy (non-hydrogen) atoms. The molecule has 2 aromatic carbocycles. The monoisotopic (exact) mass is 440 g/mol. The minimum atomic E-state index is -1.06. The number of ether oxygens (including phenoxy) is 3. The maximum absolute atomic E-state index is 10.6. The second-order valence-electron chi connectivity index (χ2n) is 6.36. The number of hydrogen-bond acceptors (Lipinski definition) is 6. The zero-order valence-corrected chi connectivity index (χ0v) is 17.4. The molecule has 8 heteroatoms. The Morgan fingerprint density at radius 2 is 1.38 bits per heavy atom. The fraction of sp³-hybridized carbons (Fsp3) is 0.167. The molecule has 0 radical (unpaired) electrons. The maximum Gasteiger partial charge on any atom is 0.328 e. The molecule has 0 aliphatic rings. The smallest absolute Gasteiger partial charge is 0.328 e. The molecule has 0 saturated carbocycles. The highest BCUT2D eigenvalue weighted by Gasteiger charge is 2.04. The molecule has 0 spiro atoms. The molecule has 0 saturated heterocycles. The molecule has 0 heterocycles. The molecule has 168 valence electrons. The summed E-state index contributed by atoms with van der Waals surface area (Å²) in [5, 5.41) is 26.9. The Labute approximate surface area is 185 Å². The van der Waals surface area contributed by atoms with E-state index in [2.05, 4.69) is 0 Å². The van der Waals surface area contributed by atoms with E-state index in [1.165, 1.54) is 19.3 Å². The largest absolute Gasteiger partial charge is 0.496 e. The van der Waals surface area contributed by atoms with Crippen LogP contribution in [0.15, 0.2) is 60.7 Å². The number of aliphatic carboxylic acids is 2. The van der Waals surface area contributed by atoms with Crippen LogP contribution in [0, 0.1) is 0 Å². The van der Waals surface area contributed by atoms with Crippen LogP contribution in [0.5, 0.6) is 17.2 Å². The van der Waals surface area contributed by atoms with Crippen LogP contribution in [-0.4, -0.2) is 47.6 Å². The highest BCUT2D eigenvalue weighted by atomic mass is 16.5. The van der Waals surface area contributed by atoms with Gasteiger partial charge in [0.15, 0.2) is 0 Å². The summed E-state index contributed by atoms with van der Waals surface area (Å²) in [6.45, 7) is 0.326. The van der Waals surface area contributed by atoms with Gasteiger partial charge in [0.05, 0.1) is 13.7 Å². The topological polar surface area (TPSA) is 123 Å². The van der Waals surface area contributed by atoms with E-state index < -0.39 is 11.9 Å². The van der Waals surface area contributed by atoms with Crippen LogP contribution in [0.1, 0.15) is 16.7 Å². The van der Waals surface area contributed by atoms with Gasteiger partial charge in [-0.2, -0.15) is 0 Å². The van der Waals surface area contributed by atoms with Gasteiger partial charge in [0.25, 0.3) is 0 Å². The average Bonchev–Trinajstić information content (AvgIpc) is 2.78. The van der Waals surface area contributed by atoms with E-state index in [0.717, 1.165) is 12.2 Å². The number of hydrogen-bond donors (Lipinski definition) is 3. The van der Waals surface area contributed by atoms with E-state index in [9.17, 15) is 14.7 Å². The van der Waals surface area contributed by atoms with Gasteiger partial charge in [-0.15, -0.1) is 0 Å². The normalized spacial score (nSPS) is 11.3. The van der Waals surface area contributed by atoms with Crippen molar-refractivity contribution < 1.29 is 39.1 Å². The van der Waals surface area contributed by atoms with Crippen LogP contribution in [0.2, 0.25) is 0 Å². The van der Waals surface area contributed by atoms with Crippen LogP contribution in [0.3, 0.4) is 0 Å². The standard InChI is InChI=1S/C24H24O8/c1-30-22-15-21(9-5-18(22)7-11-24(28)29)32-13-3-2-12-31-20-8-4-17(6-10-23(26)27)19(14-20)16-25/h2-11,14-15,25H,12-13,16H2,1H3,(H,26,27)(H,28,29)/b3-2+,10-6+,11-7+. The molecule has 0 aliphatic carbocycles. The molecule has 0 bridgehead atoms. The zero-order valence-electron chi connectivity index (χ0n) is 17.4. The minimum Gasteiger partial charge on any atom is -0.496 e. The van der Waals surface area contributed by atoms with Gasteiger partial charge in [-0.25, -0.2) is 9.59 Å². The molecule has 0 unspecified atom stereocenters. The van der Waals surface area contributed by atoms with Gasteiger partial charge < -0.3 is 29.5 Å². The van der Waals surface area contributed by atoms with Crippen LogP contribution in [-0.2, 0) is 16.2 Å². The maximum atomic E-state index is 10.6. The first-order valence-corrected chi connectivity index (χ1v) is 9.57. The van der Waals surface area contributed by atoms with Gasteiger partial charge in [-0.3, -0.25) is 0 Å². The summed E-state index contributed by atoms with van der Waals surface area (Å²) >= 11 is 0. The summed E-state index contributed by atoms with van der Waals surface area (Å²) in [4.78, 5) is 21.3. The third kappa shape index (κ3) is 8.00. The molecule has 2 rings (SSSR count). The first-order valence-electron chi connectivity index (χ1n) is 9.57. The fourth-order valence-electron chi connectivity index (χ4n) is 2.64. The van der Waals surface area contributed by atoms with Crippen molar-refractivity contribution >= 4 is 24.1 Å². The summed E-state index contributed by atoms with van der Waals surface area (Å²) in [6, 6.07) is 10.1. The molecule has 0 atom stereocenters. The highest BCUT2D eigenvalue weighted by Crippen LogP contribution is 2.26. The van der Waals surface area contributed by atoms with E-state index in [4.69, 9.17) is 24.4 Å². The Balaban J connectivity index is 1.86. The number of aliphatic hydroxyl groups is 1. The van der Waals surface area contributed by atoms with Gasteiger partial charge in [-0.1, -0.05) is 6.07 Å². The summed E-state index contributed by atoms with van der Waals surface area (Å²) in [5.74, 6) is -0.503. The lowest BCUT2D eigenvalue weighted by molar-refractivity contribution is -0.132. The van der Waals surface area contributed by atoms with Crippen molar-refractivity contribution in [3.8, 4) is 17.2 Å². The molecule has 0 amide bonds. The highest BCUT2D eigenvalue weighted by molar-refractivity contribution is 5.86. The van der Waals surface area contributed by atoms with Crippen molar-refractivity contribution in [3.63, 3.8) is 0 Å². The Hall–Kier alpha value is -4.04. The number of carboxylic acids is 2. The van der Waals surface area contributed by atoms with Crippen LogP contribution in [0.4, 0.5) is 0 Å². The minimum absolute atomic E-state index is 0.242. The second kappa shape index (κ2) is 12.6. The van der Waals surface area contributed by atoms with E-state index in [0.29, 0.717) is 33.9 Å². The molecule has 0 aromatic heterocycles. The summed E-state index contributed by atoms with van der Waals surface area (Å²) in [5.41, 5.74) is 1.78. The average molecular weight is 440 g/mol. The predicted octanol–water partition coefficient (Wildman–Crippen LogP) is 3.40. The third-order valence-corrected chi connectivity index (χ3v) is 4.16. The second-order valence-corrected chi connectivity index (χ2v) is 6.36. The Morgan fingerprint density at radius 3 is 1.91 bits per heavy atom.